The van der Waals surface area contributed by atoms with Crippen LogP contribution in [0, 0.1) is 0 Å². The minimum Gasteiger partial charge on any atom is -0.359 e. The lowest BCUT2D eigenvalue weighted by molar-refractivity contribution is -0.153. The molecule has 1 aromatic carbocycles. The number of para-hydroxylation sites is 1. The van der Waals surface area contributed by atoms with E-state index in [9.17, 15) is 18.0 Å². The SMILES string of the molecule is O=C(Nc1c[nH]c2ccccc12)C1CC(C(F)(F)F)NN1. The smallest absolute Gasteiger partial charge is 0.359 e. The molecular formula is C13H13F3N4O. The number of aromatic nitrogens is 1. The van der Waals surface area contributed by atoms with Crippen molar-refractivity contribution >= 4 is 22.5 Å². The van der Waals surface area contributed by atoms with Crippen molar-refractivity contribution in [1.29, 1.82) is 0 Å². The van der Waals surface area contributed by atoms with Crippen LogP contribution in [0.5, 0.6) is 0 Å². The van der Waals surface area contributed by atoms with Crippen LogP contribution in [0.4, 0.5) is 18.9 Å². The number of benzene rings is 1. The Morgan fingerprint density at radius 2 is 2.00 bits per heavy atom. The van der Waals surface area contributed by atoms with Crippen molar-refractivity contribution in [2.75, 3.05) is 5.32 Å². The second-order valence-electron chi connectivity index (χ2n) is 4.91. The van der Waals surface area contributed by atoms with Gasteiger partial charge in [0.1, 0.15) is 12.1 Å². The van der Waals surface area contributed by atoms with E-state index in [1.165, 1.54) is 0 Å². The Morgan fingerprint density at radius 3 is 2.71 bits per heavy atom. The van der Waals surface area contributed by atoms with E-state index < -0.39 is 24.2 Å². The molecule has 8 heteroatoms. The Hall–Kier alpha value is -2.06. The van der Waals surface area contributed by atoms with Gasteiger partial charge in [-0.05, 0) is 12.5 Å². The summed E-state index contributed by atoms with van der Waals surface area (Å²) in [7, 11) is 0. The number of hydrazine groups is 1. The summed E-state index contributed by atoms with van der Waals surface area (Å²) in [4.78, 5) is 15.0. The van der Waals surface area contributed by atoms with Crippen LogP contribution in [-0.4, -0.2) is 29.2 Å². The first-order valence-electron chi connectivity index (χ1n) is 6.40. The van der Waals surface area contributed by atoms with Crippen molar-refractivity contribution < 1.29 is 18.0 Å². The topological polar surface area (TPSA) is 69.0 Å². The lowest BCUT2D eigenvalue weighted by Gasteiger charge is -2.13. The fourth-order valence-electron chi connectivity index (χ4n) is 2.34. The minimum atomic E-state index is -4.37. The molecule has 1 aliphatic heterocycles. The summed E-state index contributed by atoms with van der Waals surface area (Å²) < 4.78 is 37.6. The second kappa shape index (κ2) is 5.05. The molecule has 1 aliphatic rings. The first kappa shape index (κ1) is 13.9. The van der Waals surface area contributed by atoms with E-state index in [-0.39, 0.29) is 6.42 Å². The van der Waals surface area contributed by atoms with Crippen molar-refractivity contribution in [2.24, 2.45) is 0 Å². The summed E-state index contributed by atoms with van der Waals surface area (Å²) in [6.07, 6.45) is -3.09. The van der Waals surface area contributed by atoms with Crippen LogP contribution in [0.3, 0.4) is 0 Å². The maximum Gasteiger partial charge on any atom is 0.405 e. The van der Waals surface area contributed by atoms with E-state index in [0.29, 0.717) is 5.69 Å². The Balaban J connectivity index is 1.70. The van der Waals surface area contributed by atoms with Crippen LogP contribution in [0.25, 0.3) is 10.9 Å². The van der Waals surface area contributed by atoms with Crippen molar-refractivity contribution in [3.8, 4) is 0 Å². The minimum absolute atomic E-state index is 0.336. The third kappa shape index (κ3) is 2.72. The highest BCUT2D eigenvalue weighted by atomic mass is 19.4. The molecule has 2 heterocycles. The number of amides is 1. The maximum absolute atomic E-state index is 12.5. The zero-order valence-electron chi connectivity index (χ0n) is 10.8. The van der Waals surface area contributed by atoms with E-state index in [4.69, 9.17) is 0 Å². The summed E-state index contributed by atoms with van der Waals surface area (Å²) in [6, 6.07) is 4.70. The first-order chi connectivity index (χ1) is 9.95. The van der Waals surface area contributed by atoms with Gasteiger partial charge in [-0.15, -0.1) is 0 Å². The lowest BCUT2D eigenvalue weighted by Crippen LogP contribution is -2.43. The zero-order valence-corrected chi connectivity index (χ0v) is 10.8. The molecule has 1 aromatic heterocycles. The Bertz CT molecular complexity index is 667. The predicted molar refractivity (Wildman–Crippen MR) is 71.4 cm³/mol. The molecule has 3 rings (SSSR count). The fourth-order valence-corrected chi connectivity index (χ4v) is 2.34. The van der Waals surface area contributed by atoms with Gasteiger partial charge < -0.3 is 10.3 Å². The molecule has 1 saturated heterocycles. The van der Waals surface area contributed by atoms with E-state index in [2.05, 4.69) is 21.2 Å². The molecule has 2 atom stereocenters. The first-order valence-corrected chi connectivity index (χ1v) is 6.40. The van der Waals surface area contributed by atoms with E-state index in [1.54, 1.807) is 6.20 Å². The molecule has 4 N–H and O–H groups in total. The number of carbonyl (C=O) groups excluding carboxylic acids is 1. The van der Waals surface area contributed by atoms with Crippen molar-refractivity contribution in [3.05, 3.63) is 30.5 Å². The van der Waals surface area contributed by atoms with E-state index in [1.807, 2.05) is 24.3 Å². The molecule has 1 amide bonds. The molecule has 0 bridgehead atoms. The van der Waals surface area contributed by atoms with Gasteiger partial charge in [0.15, 0.2) is 0 Å². The quantitative estimate of drug-likeness (QED) is 0.684. The number of rotatable bonds is 2. The average Bonchev–Trinajstić information content (AvgIpc) is 3.05. The van der Waals surface area contributed by atoms with Crippen molar-refractivity contribution in [1.82, 2.24) is 15.8 Å². The van der Waals surface area contributed by atoms with Crippen molar-refractivity contribution in [3.63, 3.8) is 0 Å². The number of carbonyl (C=O) groups is 1. The third-order valence-corrected chi connectivity index (χ3v) is 3.46. The van der Waals surface area contributed by atoms with Gasteiger partial charge >= 0.3 is 6.18 Å². The van der Waals surface area contributed by atoms with Crippen LogP contribution < -0.4 is 16.2 Å². The predicted octanol–water partition coefficient (Wildman–Crippen LogP) is 1.90. The Labute approximate surface area is 117 Å². The molecule has 0 spiro atoms. The van der Waals surface area contributed by atoms with E-state index >= 15 is 0 Å². The van der Waals surface area contributed by atoms with Gasteiger partial charge in [0.05, 0.1) is 5.69 Å². The molecule has 0 saturated carbocycles. The number of alkyl halides is 3. The number of hydrogen-bond donors (Lipinski definition) is 4. The lowest BCUT2D eigenvalue weighted by atomic mass is 10.1. The number of hydrogen-bond acceptors (Lipinski definition) is 3. The number of nitrogens with one attached hydrogen (secondary N) is 4. The summed E-state index contributed by atoms with van der Waals surface area (Å²) in [5.41, 5.74) is 5.88. The summed E-state index contributed by atoms with van der Waals surface area (Å²) in [6.45, 7) is 0. The standard InChI is InChI=1S/C13H13F3N4O/c14-13(15,16)11-5-9(19-20-11)12(21)18-10-6-17-8-4-2-1-3-7(8)10/h1-4,6,9,11,17,19-20H,5H2,(H,18,21). The third-order valence-electron chi connectivity index (χ3n) is 3.46. The van der Waals surface area contributed by atoms with Crippen LogP contribution in [-0.2, 0) is 4.79 Å². The van der Waals surface area contributed by atoms with Gasteiger partial charge in [-0.2, -0.15) is 13.2 Å². The molecule has 2 unspecified atom stereocenters. The Kier molecular flexibility index (Phi) is 3.34. The van der Waals surface area contributed by atoms with Crippen LogP contribution in [0.1, 0.15) is 6.42 Å². The Morgan fingerprint density at radius 1 is 1.24 bits per heavy atom. The maximum atomic E-state index is 12.5. The number of H-pyrrole nitrogens is 1. The number of fused-ring (bicyclic) bond motifs is 1. The molecule has 5 nitrogen and oxygen atoms in total. The highest BCUT2D eigenvalue weighted by Gasteiger charge is 2.45. The zero-order chi connectivity index (χ0) is 15.0. The fraction of sp³-hybridized carbons (Fsp3) is 0.308. The molecule has 2 aromatic rings. The molecule has 0 radical (unpaired) electrons. The highest BCUT2D eigenvalue weighted by Crippen LogP contribution is 2.27. The van der Waals surface area contributed by atoms with Crippen LogP contribution in [0.2, 0.25) is 0 Å². The summed E-state index contributed by atoms with van der Waals surface area (Å²) in [5, 5.41) is 3.45. The van der Waals surface area contributed by atoms with Gasteiger partial charge in [-0.25, -0.2) is 10.9 Å². The second-order valence-corrected chi connectivity index (χ2v) is 4.91. The van der Waals surface area contributed by atoms with Crippen LogP contribution >= 0.6 is 0 Å². The van der Waals surface area contributed by atoms with Crippen LogP contribution in [0.15, 0.2) is 30.5 Å². The largest absolute Gasteiger partial charge is 0.405 e. The van der Waals surface area contributed by atoms with E-state index in [0.717, 1.165) is 10.9 Å². The van der Waals surface area contributed by atoms with Gasteiger partial charge in [0.25, 0.3) is 0 Å². The van der Waals surface area contributed by atoms with Crippen molar-refractivity contribution in [2.45, 2.75) is 24.7 Å². The average molecular weight is 298 g/mol. The number of anilines is 1. The number of aromatic amines is 1. The number of halogens is 3. The van der Waals surface area contributed by atoms with Gasteiger partial charge in [-0.1, -0.05) is 18.2 Å². The molecule has 21 heavy (non-hydrogen) atoms. The summed E-state index contributed by atoms with van der Waals surface area (Å²) in [5.74, 6) is -0.501. The monoisotopic (exact) mass is 298 g/mol. The van der Waals surface area contributed by atoms with Gasteiger partial charge in [0.2, 0.25) is 5.91 Å². The highest BCUT2D eigenvalue weighted by molar-refractivity contribution is 6.03. The summed E-state index contributed by atoms with van der Waals surface area (Å²) >= 11 is 0. The molecule has 1 fully saturated rings. The van der Waals surface area contributed by atoms with Gasteiger partial charge in [0, 0.05) is 17.1 Å². The normalized spacial score (nSPS) is 22.6. The molecule has 0 aliphatic carbocycles. The molecule has 112 valence electrons. The van der Waals surface area contributed by atoms with Gasteiger partial charge in [-0.3, -0.25) is 4.79 Å². The molecular weight excluding hydrogens is 285 g/mol.